The average Bonchev–Trinajstić information content (AvgIpc) is 2.28. The average molecular weight is 238 g/mol. The van der Waals surface area contributed by atoms with Crippen molar-refractivity contribution in [1.82, 2.24) is 9.97 Å². The van der Waals surface area contributed by atoms with Gasteiger partial charge in [-0.1, -0.05) is 6.92 Å². The summed E-state index contributed by atoms with van der Waals surface area (Å²) < 4.78 is 13.6. The van der Waals surface area contributed by atoms with E-state index in [0.717, 1.165) is 25.8 Å². The summed E-state index contributed by atoms with van der Waals surface area (Å²) in [4.78, 5) is 8.08. The van der Waals surface area contributed by atoms with Crippen molar-refractivity contribution in [3.63, 3.8) is 0 Å². The number of nitrogens with one attached hydrogen (secondary N) is 2. The highest BCUT2D eigenvalue weighted by Crippen LogP contribution is 2.34. The molecule has 0 radical (unpaired) electrons. The number of nitrogens with zero attached hydrogens (tertiary/aromatic N) is 2. The highest BCUT2D eigenvalue weighted by atomic mass is 19.1. The van der Waals surface area contributed by atoms with E-state index in [4.69, 9.17) is 0 Å². The van der Waals surface area contributed by atoms with Crippen LogP contribution in [0.3, 0.4) is 0 Å². The molecule has 0 saturated heterocycles. The largest absolute Gasteiger partial charge is 0.362 e. The highest BCUT2D eigenvalue weighted by molar-refractivity contribution is 5.43. The number of aromatic nitrogens is 2. The van der Waals surface area contributed by atoms with Crippen LogP contribution in [-0.2, 0) is 0 Å². The molecule has 2 rings (SSSR count). The maximum absolute atomic E-state index is 13.6. The minimum atomic E-state index is -0.389. The van der Waals surface area contributed by atoms with Gasteiger partial charge in [-0.15, -0.1) is 0 Å². The van der Waals surface area contributed by atoms with Crippen LogP contribution in [0.15, 0.2) is 6.20 Å². The lowest BCUT2D eigenvalue weighted by Gasteiger charge is -2.39. The Balaban J connectivity index is 2.08. The molecule has 1 aliphatic carbocycles. The van der Waals surface area contributed by atoms with Crippen molar-refractivity contribution in [3.05, 3.63) is 12.0 Å². The molecule has 2 N–H and O–H groups in total. The van der Waals surface area contributed by atoms with Gasteiger partial charge >= 0.3 is 0 Å². The van der Waals surface area contributed by atoms with Crippen LogP contribution in [0.4, 0.5) is 16.2 Å². The molecule has 0 aromatic carbocycles. The number of anilines is 2. The van der Waals surface area contributed by atoms with Crippen LogP contribution in [0.5, 0.6) is 0 Å². The molecule has 1 fully saturated rings. The standard InChI is InChI=1S/C12H19FN4/c1-3-7-14-11-15-8-9(13)10(16-11)17-12(2)5-4-6-12/h8H,3-7H2,1-2H3,(H2,14,15,16,17). The quantitative estimate of drug-likeness (QED) is 0.828. The number of halogens is 1. The van der Waals surface area contributed by atoms with E-state index in [2.05, 4.69) is 34.4 Å². The minimum absolute atomic E-state index is 0.00276. The van der Waals surface area contributed by atoms with Crippen molar-refractivity contribution in [2.45, 2.75) is 45.1 Å². The zero-order chi connectivity index (χ0) is 12.3. The first-order valence-electron chi connectivity index (χ1n) is 6.17. The van der Waals surface area contributed by atoms with Gasteiger partial charge in [0.2, 0.25) is 5.95 Å². The van der Waals surface area contributed by atoms with Crippen molar-refractivity contribution >= 4 is 11.8 Å². The van der Waals surface area contributed by atoms with Gasteiger partial charge < -0.3 is 10.6 Å². The highest BCUT2D eigenvalue weighted by Gasteiger charge is 2.32. The maximum Gasteiger partial charge on any atom is 0.224 e. The van der Waals surface area contributed by atoms with E-state index in [1.807, 2.05) is 0 Å². The fourth-order valence-electron chi connectivity index (χ4n) is 1.89. The first-order chi connectivity index (χ1) is 8.13. The van der Waals surface area contributed by atoms with Gasteiger partial charge in [-0.25, -0.2) is 9.37 Å². The molecule has 1 aliphatic rings. The molecule has 0 amide bonds. The number of hydrogen-bond donors (Lipinski definition) is 2. The second-order valence-electron chi connectivity index (χ2n) is 4.86. The number of hydrogen-bond acceptors (Lipinski definition) is 4. The Kier molecular flexibility index (Phi) is 3.45. The number of rotatable bonds is 5. The van der Waals surface area contributed by atoms with E-state index < -0.39 is 0 Å². The van der Waals surface area contributed by atoms with Crippen LogP contribution < -0.4 is 10.6 Å². The van der Waals surface area contributed by atoms with Gasteiger partial charge in [0.1, 0.15) is 0 Å². The van der Waals surface area contributed by atoms with Crippen molar-refractivity contribution in [1.29, 1.82) is 0 Å². The lowest BCUT2D eigenvalue weighted by molar-refractivity contribution is 0.304. The molecule has 4 nitrogen and oxygen atoms in total. The van der Waals surface area contributed by atoms with E-state index in [1.54, 1.807) is 0 Å². The first-order valence-corrected chi connectivity index (χ1v) is 6.17. The van der Waals surface area contributed by atoms with Crippen LogP contribution >= 0.6 is 0 Å². The van der Waals surface area contributed by atoms with E-state index in [9.17, 15) is 4.39 Å². The Bertz CT molecular complexity index is 390. The van der Waals surface area contributed by atoms with E-state index in [0.29, 0.717) is 11.8 Å². The molecule has 17 heavy (non-hydrogen) atoms. The molecule has 0 bridgehead atoms. The summed E-state index contributed by atoms with van der Waals surface area (Å²) in [6, 6.07) is 0. The SMILES string of the molecule is CCCNc1ncc(F)c(NC2(C)CCC2)n1. The lowest BCUT2D eigenvalue weighted by atomic mass is 9.78. The van der Waals surface area contributed by atoms with Crippen LogP contribution in [0.25, 0.3) is 0 Å². The smallest absolute Gasteiger partial charge is 0.224 e. The summed E-state index contributed by atoms with van der Waals surface area (Å²) in [5.74, 6) is 0.402. The molecule has 0 atom stereocenters. The Labute approximate surface area is 101 Å². The van der Waals surface area contributed by atoms with Gasteiger partial charge in [0.15, 0.2) is 11.6 Å². The summed E-state index contributed by atoms with van der Waals surface area (Å²) in [6.45, 7) is 4.95. The maximum atomic E-state index is 13.6. The molecule has 0 spiro atoms. The van der Waals surface area contributed by atoms with Gasteiger partial charge in [-0.2, -0.15) is 4.98 Å². The Hall–Kier alpha value is -1.39. The molecule has 1 aromatic heterocycles. The Morgan fingerprint density at radius 1 is 1.47 bits per heavy atom. The molecular formula is C12H19FN4. The normalized spacial score (nSPS) is 17.4. The van der Waals surface area contributed by atoms with Crippen molar-refractivity contribution in [2.75, 3.05) is 17.2 Å². The summed E-state index contributed by atoms with van der Waals surface area (Å²) in [5.41, 5.74) is -0.00276. The summed E-state index contributed by atoms with van der Waals surface area (Å²) in [7, 11) is 0. The van der Waals surface area contributed by atoms with Crippen molar-refractivity contribution < 1.29 is 4.39 Å². The van der Waals surface area contributed by atoms with Gasteiger partial charge in [0, 0.05) is 12.1 Å². The Morgan fingerprint density at radius 3 is 2.82 bits per heavy atom. The summed E-state index contributed by atoms with van der Waals surface area (Å²) in [5, 5.41) is 6.23. The van der Waals surface area contributed by atoms with Crippen LogP contribution in [-0.4, -0.2) is 22.1 Å². The molecule has 94 valence electrons. The van der Waals surface area contributed by atoms with Gasteiger partial charge in [0.25, 0.3) is 0 Å². The van der Waals surface area contributed by atoms with Gasteiger partial charge in [-0.3, -0.25) is 0 Å². The summed E-state index contributed by atoms with van der Waals surface area (Å²) >= 11 is 0. The van der Waals surface area contributed by atoms with Crippen molar-refractivity contribution in [2.24, 2.45) is 0 Å². The molecule has 0 unspecified atom stereocenters. The minimum Gasteiger partial charge on any atom is -0.362 e. The fourth-order valence-corrected chi connectivity index (χ4v) is 1.89. The molecular weight excluding hydrogens is 219 g/mol. The lowest BCUT2D eigenvalue weighted by Crippen LogP contribution is -2.42. The monoisotopic (exact) mass is 238 g/mol. The van der Waals surface area contributed by atoms with Gasteiger partial charge in [-0.05, 0) is 32.6 Å². The van der Waals surface area contributed by atoms with Crippen LogP contribution in [0, 0.1) is 5.82 Å². The second-order valence-corrected chi connectivity index (χ2v) is 4.86. The van der Waals surface area contributed by atoms with E-state index >= 15 is 0 Å². The fraction of sp³-hybridized carbons (Fsp3) is 0.667. The zero-order valence-electron chi connectivity index (χ0n) is 10.4. The molecule has 1 heterocycles. The second kappa shape index (κ2) is 4.85. The third-order valence-electron chi connectivity index (χ3n) is 3.15. The van der Waals surface area contributed by atoms with Crippen LogP contribution in [0.2, 0.25) is 0 Å². The Morgan fingerprint density at radius 2 is 2.24 bits per heavy atom. The predicted molar refractivity (Wildman–Crippen MR) is 66.6 cm³/mol. The third-order valence-corrected chi connectivity index (χ3v) is 3.15. The van der Waals surface area contributed by atoms with E-state index in [-0.39, 0.29) is 11.4 Å². The molecule has 0 aliphatic heterocycles. The zero-order valence-corrected chi connectivity index (χ0v) is 10.4. The van der Waals surface area contributed by atoms with Gasteiger partial charge in [0.05, 0.1) is 6.20 Å². The first kappa shape index (κ1) is 12.1. The topological polar surface area (TPSA) is 49.8 Å². The summed E-state index contributed by atoms with van der Waals surface area (Å²) in [6.07, 6.45) is 5.52. The van der Waals surface area contributed by atoms with Crippen LogP contribution in [0.1, 0.15) is 39.5 Å². The van der Waals surface area contributed by atoms with E-state index in [1.165, 1.54) is 12.6 Å². The molecule has 1 aromatic rings. The molecule has 1 saturated carbocycles. The third kappa shape index (κ3) is 2.84. The predicted octanol–water partition coefficient (Wildman–Crippen LogP) is 2.79. The molecule has 5 heteroatoms. The van der Waals surface area contributed by atoms with Crippen molar-refractivity contribution in [3.8, 4) is 0 Å².